The summed E-state index contributed by atoms with van der Waals surface area (Å²) in [6, 6.07) is 13.0. The Morgan fingerprint density at radius 1 is 1.04 bits per heavy atom. The number of anilines is 1. The number of halogens is 2. The summed E-state index contributed by atoms with van der Waals surface area (Å²) in [7, 11) is 0. The number of amides is 1. The van der Waals surface area contributed by atoms with Crippen molar-refractivity contribution in [2.24, 2.45) is 0 Å². The van der Waals surface area contributed by atoms with Gasteiger partial charge in [-0.2, -0.15) is 0 Å². The van der Waals surface area contributed by atoms with E-state index in [1.54, 1.807) is 0 Å². The minimum absolute atomic E-state index is 0.0668. The van der Waals surface area contributed by atoms with Crippen molar-refractivity contribution in [2.75, 3.05) is 5.32 Å². The van der Waals surface area contributed by atoms with E-state index in [4.69, 9.17) is 0 Å². The van der Waals surface area contributed by atoms with Crippen LogP contribution < -0.4 is 5.32 Å². The Labute approximate surface area is 149 Å². The molecule has 126 valence electrons. The van der Waals surface area contributed by atoms with Crippen LogP contribution in [0, 0.1) is 5.82 Å². The normalized spacial score (nSPS) is 14.9. The molecule has 0 unspecified atom stereocenters. The van der Waals surface area contributed by atoms with Gasteiger partial charge in [-0.1, -0.05) is 41.9 Å². The maximum atomic E-state index is 12.9. The number of carbonyl (C=O) groups excluding carboxylic acids is 2. The number of rotatable bonds is 3. The first kappa shape index (κ1) is 18.3. The molecular weight excluding hydrogens is 373 g/mol. The van der Waals surface area contributed by atoms with Gasteiger partial charge in [0, 0.05) is 23.0 Å². The van der Waals surface area contributed by atoms with E-state index >= 15 is 0 Å². The fourth-order valence-electron chi connectivity index (χ4n) is 2.67. The maximum Gasteiger partial charge on any atom is 0.235 e. The highest BCUT2D eigenvalue weighted by atomic mass is 79.9. The second-order valence-corrected chi connectivity index (χ2v) is 6.36. The lowest BCUT2D eigenvalue weighted by atomic mass is 9.63. The van der Waals surface area contributed by atoms with Gasteiger partial charge in [0.05, 0.1) is 5.41 Å². The molecule has 0 aromatic heterocycles. The number of hydrogen-bond acceptors (Lipinski definition) is 2. The number of ketones is 1. The van der Waals surface area contributed by atoms with E-state index in [1.165, 1.54) is 24.3 Å². The van der Waals surface area contributed by atoms with Crippen molar-refractivity contribution in [3.63, 3.8) is 0 Å². The molecule has 3 nitrogen and oxygen atoms in total. The van der Waals surface area contributed by atoms with E-state index in [0.717, 1.165) is 10.0 Å². The zero-order valence-electron chi connectivity index (χ0n) is 13.6. The molecule has 3 rings (SSSR count). The highest BCUT2D eigenvalue weighted by Crippen LogP contribution is 2.42. The zero-order valence-corrected chi connectivity index (χ0v) is 15.2. The predicted molar refractivity (Wildman–Crippen MR) is 96.4 cm³/mol. The van der Waals surface area contributed by atoms with Crippen molar-refractivity contribution in [1.82, 2.24) is 0 Å². The summed E-state index contributed by atoms with van der Waals surface area (Å²) in [5.74, 6) is -0.530. The topological polar surface area (TPSA) is 46.2 Å². The number of Topliss-reactive ketones (excluding diaryl/α,β-unsaturated/α-hetero) is 1. The Bertz CT molecular complexity index is 718. The fourth-order valence-corrected chi connectivity index (χ4v) is 2.93. The number of hydrogen-bond donors (Lipinski definition) is 1. The molecule has 1 aliphatic rings. The SMILES string of the molecule is CC.O=C1CC(C(=O)Nc2ccc(F)cc2)(c2ccc(Br)cc2)C1. The molecule has 5 heteroatoms. The molecule has 0 saturated heterocycles. The molecule has 2 aromatic carbocycles. The van der Waals surface area contributed by atoms with Gasteiger partial charge in [0.25, 0.3) is 0 Å². The molecule has 2 aromatic rings. The highest BCUT2D eigenvalue weighted by molar-refractivity contribution is 9.10. The Morgan fingerprint density at radius 2 is 1.58 bits per heavy atom. The van der Waals surface area contributed by atoms with Gasteiger partial charge < -0.3 is 5.32 Å². The first-order valence-corrected chi connectivity index (χ1v) is 8.64. The van der Waals surface area contributed by atoms with Gasteiger partial charge in [0.2, 0.25) is 5.91 Å². The summed E-state index contributed by atoms with van der Waals surface area (Å²) in [4.78, 5) is 24.2. The van der Waals surface area contributed by atoms with Crippen LogP contribution >= 0.6 is 15.9 Å². The summed E-state index contributed by atoms with van der Waals surface area (Å²) >= 11 is 3.36. The summed E-state index contributed by atoms with van der Waals surface area (Å²) in [5, 5.41) is 2.78. The van der Waals surface area contributed by atoms with Crippen LogP contribution in [-0.4, -0.2) is 11.7 Å². The minimum Gasteiger partial charge on any atom is -0.325 e. The monoisotopic (exact) mass is 391 g/mol. The predicted octanol–water partition coefficient (Wildman–Crippen LogP) is 4.85. The van der Waals surface area contributed by atoms with E-state index in [0.29, 0.717) is 5.69 Å². The summed E-state index contributed by atoms with van der Waals surface area (Å²) < 4.78 is 13.8. The van der Waals surface area contributed by atoms with Gasteiger partial charge in [-0.15, -0.1) is 0 Å². The second kappa shape index (κ2) is 7.71. The quantitative estimate of drug-likeness (QED) is 0.812. The Hall–Kier alpha value is -2.01. The summed E-state index contributed by atoms with van der Waals surface area (Å²) in [5.41, 5.74) is 0.503. The highest BCUT2D eigenvalue weighted by Gasteiger charge is 2.51. The average molecular weight is 392 g/mol. The number of nitrogens with one attached hydrogen (secondary N) is 1. The third-order valence-corrected chi connectivity index (χ3v) is 4.46. The van der Waals surface area contributed by atoms with E-state index in [1.807, 2.05) is 38.1 Å². The lowest BCUT2D eigenvalue weighted by Crippen LogP contribution is -2.51. The standard InChI is InChI=1S/C17H13BrFNO2.C2H6/c18-12-3-1-11(2-4-12)17(9-15(21)10-17)16(22)20-14-7-5-13(19)6-8-14;1-2/h1-8H,9-10H2,(H,20,22);1-2H3. The van der Waals surface area contributed by atoms with Crippen LogP contribution in [0.5, 0.6) is 0 Å². The van der Waals surface area contributed by atoms with Crippen LogP contribution in [-0.2, 0) is 15.0 Å². The van der Waals surface area contributed by atoms with Crippen molar-refractivity contribution in [2.45, 2.75) is 32.1 Å². The van der Waals surface area contributed by atoms with Crippen LogP contribution in [0.25, 0.3) is 0 Å². The zero-order chi connectivity index (χ0) is 17.7. The van der Waals surface area contributed by atoms with Gasteiger partial charge >= 0.3 is 0 Å². The van der Waals surface area contributed by atoms with Gasteiger partial charge in [-0.3, -0.25) is 9.59 Å². The van der Waals surface area contributed by atoms with Crippen molar-refractivity contribution >= 4 is 33.3 Å². The van der Waals surface area contributed by atoms with Crippen LogP contribution in [0.2, 0.25) is 0 Å². The Kier molecular flexibility index (Phi) is 5.89. The number of carbonyl (C=O) groups is 2. The molecule has 1 aliphatic carbocycles. The van der Waals surface area contributed by atoms with Crippen molar-refractivity contribution in [3.05, 3.63) is 64.4 Å². The summed E-state index contributed by atoms with van der Waals surface area (Å²) in [6.07, 6.45) is 0.392. The van der Waals surface area contributed by atoms with Gasteiger partial charge in [0.15, 0.2) is 0 Å². The van der Waals surface area contributed by atoms with Crippen LogP contribution in [0.1, 0.15) is 32.3 Å². The third-order valence-electron chi connectivity index (χ3n) is 3.93. The molecule has 0 bridgehead atoms. The van der Waals surface area contributed by atoms with E-state index in [-0.39, 0.29) is 30.3 Å². The molecule has 0 atom stereocenters. The Balaban J connectivity index is 0.00000100. The van der Waals surface area contributed by atoms with E-state index in [2.05, 4.69) is 21.2 Å². The maximum absolute atomic E-state index is 12.9. The minimum atomic E-state index is -0.827. The van der Waals surface area contributed by atoms with Gasteiger partial charge in [-0.05, 0) is 42.0 Å². The molecular formula is C19H19BrFNO2. The lowest BCUT2D eigenvalue weighted by molar-refractivity contribution is -0.138. The van der Waals surface area contributed by atoms with E-state index in [9.17, 15) is 14.0 Å². The van der Waals surface area contributed by atoms with E-state index < -0.39 is 5.41 Å². The smallest absolute Gasteiger partial charge is 0.235 e. The first-order chi connectivity index (χ1) is 11.5. The van der Waals surface area contributed by atoms with Crippen molar-refractivity contribution < 1.29 is 14.0 Å². The molecule has 1 fully saturated rings. The lowest BCUT2D eigenvalue weighted by Gasteiger charge is -2.39. The van der Waals surface area contributed by atoms with Crippen molar-refractivity contribution in [1.29, 1.82) is 0 Å². The third kappa shape index (κ3) is 3.73. The first-order valence-electron chi connectivity index (χ1n) is 7.84. The largest absolute Gasteiger partial charge is 0.325 e. The molecule has 1 amide bonds. The van der Waals surface area contributed by atoms with Crippen LogP contribution in [0.4, 0.5) is 10.1 Å². The number of benzene rings is 2. The molecule has 0 spiro atoms. The molecule has 0 radical (unpaired) electrons. The second-order valence-electron chi connectivity index (χ2n) is 5.44. The summed E-state index contributed by atoms with van der Waals surface area (Å²) in [6.45, 7) is 4.00. The molecule has 1 N–H and O–H groups in total. The average Bonchev–Trinajstić information content (AvgIpc) is 2.56. The van der Waals surface area contributed by atoms with Gasteiger partial charge in [0.1, 0.15) is 11.6 Å². The molecule has 1 saturated carbocycles. The van der Waals surface area contributed by atoms with Gasteiger partial charge in [-0.25, -0.2) is 4.39 Å². The molecule has 0 heterocycles. The van der Waals surface area contributed by atoms with Crippen LogP contribution in [0.15, 0.2) is 53.0 Å². The molecule has 24 heavy (non-hydrogen) atoms. The van der Waals surface area contributed by atoms with Crippen molar-refractivity contribution in [3.8, 4) is 0 Å². The fraction of sp³-hybridized carbons (Fsp3) is 0.263. The Morgan fingerprint density at radius 3 is 2.08 bits per heavy atom. The van der Waals surface area contributed by atoms with Crippen LogP contribution in [0.3, 0.4) is 0 Å². The molecule has 0 aliphatic heterocycles.